The third kappa shape index (κ3) is 4.80. The molecule has 0 aromatic heterocycles. The fraction of sp³-hybridized carbons (Fsp3) is 0.667. The normalized spacial score (nSPS) is 21.6. The van der Waals surface area contributed by atoms with Crippen molar-refractivity contribution in [3.8, 4) is 0 Å². The van der Waals surface area contributed by atoms with Crippen LogP contribution in [0.2, 0.25) is 0 Å². The van der Waals surface area contributed by atoms with Gasteiger partial charge in [-0.15, -0.1) is 0 Å². The van der Waals surface area contributed by atoms with E-state index in [2.05, 4.69) is 66.5 Å². The topological polar surface area (TPSA) is 18.5 Å². The number of likely N-dealkylation sites (tertiary alicyclic amines) is 1. The van der Waals surface area contributed by atoms with Gasteiger partial charge in [0.2, 0.25) is 0 Å². The molecule has 1 aliphatic heterocycles. The SMILES string of the molecule is CCCNCC(c1ccccc1)N1CCCC(N(C)C)C1. The van der Waals surface area contributed by atoms with E-state index in [1.54, 1.807) is 0 Å². The Morgan fingerprint density at radius 1 is 1.29 bits per heavy atom. The molecular formula is C18H31N3. The van der Waals surface area contributed by atoms with Crippen LogP contribution in [0.4, 0.5) is 0 Å². The number of nitrogens with zero attached hydrogens (tertiary/aromatic N) is 2. The molecule has 0 bridgehead atoms. The van der Waals surface area contributed by atoms with E-state index in [1.165, 1.54) is 37.9 Å². The van der Waals surface area contributed by atoms with Crippen molar-refractivity contribution < 1.29 is 0 Å². The molecule has 1 heterocycles. The van der Waals surface area contributed by atoms with Crippen molar-refractivity contribution in [2.24, 2.45) is 0 Å². The first-order chi connectivity index (χ1) is 10.2. The number of hydrogen-bond donors (Lipinski definition) is 1. The third-order valence-electron chi connectivity index (χ3n) is 4.55. The zero-order chi connectivity index (χ0) is 15.1. The zero-order valence-electron chi connectivity index (χ0n) is 13.9. The highest BCUT2D eigenvalue weighted by Gasteiger charge is 2.27. The molecule has 2 rings (SSSR count). The molecule has 3 nitrogen and oxygen atoms in total. The number of hydrogen-bond acceptors (Lipinski definition) is 3. The molecule has 3 heteroatoms. The van der Waals surface area contributed by atoms with Gasteiger partial charge in [0, 0.05) is 25.2 Å². The molecule has 1 fully saturated rings. The Bertz CT molecular complexity index is 391. The molecular weight excluding hydrogens is 258 g/mol. The van der Waals surface area contributed by atoms with Crippen LogP contribution in [0.3, 0.4) is 0 Å². The van der Waals surface area contributed by atoms with Gasteiger partial charge in [-0.2, -0.15) is 0 Å². The van der Waals surface area contributed by atoms with Crippen LogP contribution in [-0.4, -0.2) is 56.1 Å². The number of likely N-dealkylation sites (N-methyl/N-ethyl adjacent to an activating group) is 1. The maximum absolute atomic E-state index is 3.62. The lowest BCUT2D eigenvalue weighted by atomic mass is 9.98. The van der Waals surface area contributed by atoms with Crippen LogP contribution >= 0.6 is 0 Å². The van der Waals surface area contributed by atoms with E-state index in [4.69, 9.17) is 0 Å². The molecule has 1 aliphatic rings. The lowest BCUT2D eigenvalue weighted by Gasteiger charge is -2.41. The maximum Gasteiger partial charge on any atom is 0.0473 e. The van der Waals surface area contributed by atoms with Crippen molar-refractivity contribution in [1.82, 2.24) is 15.1 Å². The Balaban J connectivity index is 2.07. The van der Waals surface area contributed by atoms with Crippen molar-refractivity contribution in [1.29, 1.82) is 0 Å². The van der Waals surface area contributed by atoms with Gasteiger partial charge >= 0.3 is 0 Å². The van der Waals surface area contributed by atoms with Crippen molar-refractivity contribution in [2.45, 2.75) is 38.3 Å². The number of piperidine rings is 1. The van der Waals surface area contributed by atoms with E-state index in [1.807, 2.05) is 0 Å². The smallest absolute Gasteiger partial charge is 0.0473 e. The summed E-state index contributed by atoms with van der Waals surface area (Å²) < 4.78 is 0. The predicted octanol–water partition coefficient (Wildman–Crippen LogP) is 2.75. The van der Waals surface area contributed by atoms with Crippen LogP contribution in [0.1, 0.15) is 37.8 Å². The summed E-state index contributed by atoms with van der Waals surface area (Å²) in [5.74, 6) is 0. The van der Waals surface area contributed by atoms with Gasteiger partial charge in [-0.3, -0.25) is 4.90 Å². The van der Waals surface area contributed by atoms with Crippen molar-refractivity contribution in [3.63, 3.8) is 0 Å². The van der Waals surface area contributed by atoms with E-state index >= 15 is 0 Å². The molecule has 118 valence electrons. The zero-order valence-corrected chi connectivity index (χ0v) is 13.9. The number of rotatable bonds is 7. The lowest BCUT2D eigenvalue weighted by molar-refractivity contribution is 0.0948. The highest BCUT2D eigenvalue weighted by Crippen LogP contribution is 2.25. The van der Waals surface area contributed by atoms with Crippen molar-refractivity contribution >= 4 is 0 Å². The Morgan fingerprint density at radius 3 is 2.71 bits per heavy atom. The minimum absolute atomic E-state index is 0.500. The average Bonchev–Trinajstić information content (AvgIpc) is 2.52. The molecule has 0 amide bonds. The Labute approximate surface area is 130 Å². The molecule has 2 atom stereocenters. The summed E-state index contributed by atoms with van der Waals surface area (Å²) in [5.41, 5.74) is 1.44. The minimum atomic E-state index is 0.500. The monoisotopic (exact) mass is 289 g/mol. The standard InChI is InChI=1S/C18H31N3/c1-4-12-19-14-18(16-9-6-5-7-10-16)21-13-8-11-17(15-21)20(2)3/h5-7,9-10,17-19H,4,8,11-15H2,1-3H3. The first-order valence-electron chi connectivity index (χ1n) is 8.38. The van der Waals surface area contributed by atoms with E-state index in [9.17, 15) is 0 Å². The second-order valence-corrected chi connectivity index (χ2v) is 6.39. The van der Waals surface area contributed by atoms with Crippen LogP contribution < -0.4 is 5.32 Å². The summed E-state index contributed by atoms with van der Waals surface area (Å²) in [6, 6.07) is 12.2. The van der Waals surface area contributed by atoms with Gasteiger partial charge in [-0.1, -0.05) is 37.3 Å². The summed E-state index contributed by atoms with van der Waals surface area (Å²) >= 11 is 0. The Morgan fingerprint density at radius 2 is 2.05 bits per heavy atom. The second kappa shape index (κ2) is 8.52. The number of nitrogens with one attached hydrogen (secondary N) is 1. The Hall–Kier alpha value is -0.900. The molecule has 1 aromatic carbocycles. The molecule has 0 saturated carbocycles. The first kappa shape index (κ1) is 16.5. The summed E-state index contributed by atoms with van der Waals surface area (Å²) in [4.78, 5) is 5.06. The molecule has 1 saturated heterocycles. The second-order valence-electron chi connectivity index (χ2n) is 6.39. The predicted molar refractivity (Wildman–Crippen MR) is 90.6 cm³/mol. The summed E-state index contributed by atoms with van der Waals surface area (Å²) in [6.45, 7) is 6.79. The number of benzene rings is 1. The fourth-order valence-electron chi connectivity index (χ4n) is 3.24. The van der Waals surface area contributed by atoms with Gasteiger partial charge in [0.25, 0.3) is 0 Å². The van der Waals surface area contributed by atoms with E-state index in [0.717, 1.165) is 13.1 Å². The summed E-state index contributed by atoms with van der Waals surface area (Å²) in [7, 11) is 4.42. The Kier molecular flexibility index (Phi) is 6.68. The summed E-state index contributed by atoms with van der Waals surface area (Å²) in [6.07, 6.45) is 3.83. The van der Waals surface area contributed by atoms with Crippen molar-refractivity contribution in [2.75, 3.05) is 40.3 Å². The van der Waals surface area contributed by atoms with Crippen LogP contribution in [0, 0.1) is 0 Å². The van der Waals surface area contributed by atoms with E-state index in [0.29, 0.717) is 12.1 Å². The molecule has 0 radical (unpaired) electrons. The first-order valence-corrected chi connectivity index (χ1v) is 8.38. The van der Waals surface area contributed by atoms with Crippen LogP contribution in [-0.2, 0) is 0 Å². The maximum atomic E-state index is 3.62. The molecule has 21 heavy (non-hydrogen) atoms. The molecule has 2 unspecified atom stereocenters. The molecule has 1 aromatic rings. The van der Waals surface area contributed by atoms with Gasteiger partial charge in [0.05, 0.1) is 0 Å². The quantitative estimate of drug-likeness (QED) is 0.779. The van der Waals surface area contributed by atoms with E-state index in [-0.39, 0.29) is 0 Å². The van der Waals surface area contributed by atoms with Gasteiger partial charge in [-0.25, -0.2) is 0 Å². The highest BCUT2D eigenvalue weighted by atomic mass is 15.2. The van der Waals surface area contributed by atoms with Gasteiger partial charge in [0.15, 0.2) is 0 Å². The third-order valence-corrected chi connectivity index (χ3v) is 4.55. The van der Waals surface area contributed by atoms with E-state index < -0.39 is 0 Å². The average molecular weight is 289 g/mol. The van der Waals surface area contributed by atoms with Crippen LogP contribution in [0.15, 0.2) is 30.3 Å². The minimum Gasteiger partial charge on any atom is -0.315 e. The van der Waals surface area contributed by atoms with Crippen LogP contribution in [0.25, 0.3) is 0 Å². The van der Waals surface area contributed by atoms with Crippen molar-refractivity contribution in [3.05, 3.63) is 35.9 Å². The molecule has 0 spiro atoms. The van der Waals surface area contributed by atoms with Gasteiger partial charge in [-0.05, 0) is 52.0 Å². The summed E-state index contributed by atoms with van der Waals surface area (Å²) in [5, 5.41) is 3.62. The van der Waals surface area contributed by atoms with Gasteiger partial charge < -0.3 is 10.2 Å². The fourth-order valence-corrected chi connectivity index (χ4v) is 3.24. The van der Waals surface area contributed by atoms with Crippen LogP contribution in [0.5, 0.6) is 0 Å². The highest BCUT2D eigenvalue weighted by molar-refractivity contribution is 5.19. The molecule has 0 aliphatic carbocycles. The molecule has 1 N–H and O–H groups in total. The lowest BCUT2D eigenvalue weighted by Crippen LogP contribution is -2.48. The van der Waals surface area contributed by atoms with Gasteiger partial charge in [0.1, 0.15) is 0 Å². The largest absolute Gasteiger partial charge is 0.315 e.